The zero-order chi connectivity index (χ0) is 20.1. The second-order valence-corrected chi connectivity index (χ2v) is 6.36. The van der Waals surface area contributed by atoms with Gasteiger partial charge < -0.3 is 9.84 Å². The summed E-state index contributed by atoms with van der Waals surface area (Å²) in [5.41, 5.74) is 3.79. The Labute approximate surface area is 169 Å². The predicted octanol–water partition coefficient (Wildman–Crippen LogP) is 5.28. The molecule has 0 aliphatic carbocycles. The molecule has 0 saturated heterocycles. The maximum atomic E-state index is 10.5. The fraction of sp³-hybridized carbons (Fsp3) is 0.0417. The van der Waals surface area contributed by atoms with E-state index in [2.05, 4.69) is 15.0 Å². The molecular weight excluding hydrogens is 362 g/mol. The summed E-state index contributed by atoms with van der Waals surface area (Å²) in [6.45, 7) is 0. The number of ether oxygens (including phenoxy) is 1. The van der Waals surface area contributed by atoms with Crippen LogP contribution in [0.4, 0.5) is 5.95 Å². The molecule has 5 nitrogen and oxygen atoms in total. The van der Waals surface area contributed by atoms with Gasteiger partial charge in [0, 0.05) is 23.4 Å². The summed E-state index contributed by atoms with van der Waals surface area (Å²) in [4.78, 5) is 13.6. The van der Waals surface area contributed by atoms with Gasteiger partial charge in [-0.2, -0.15) is 0 Å². The fourth-order valence-electron chi connectivity index (χ4n) is 2.91. The monoisotopic (exact) mass is 381 g/mol. The number of rotatable bonds is 5. The lowest BCUT2D eigenvalue weighted by Gasteiger charge is -2.09. The summed E-state index contributed by atoms with van der Waals surface area (Å²) in [7, 11) is 1.56. The van der Waals surface area contributed by atoms with E-state index in [9.17, 15) is 5.11 Å². The Hall–Kier alpha value is -3.99. The Morgan fingerprint density at radius 1 is 0.828 bits per heavy atom. The van der Waals surface area contributed by atoms with Crippen LogP contribution < -0.4 is 4.74 Å². The third kappa shape index (κ3) is 4.30. The SMILES string of the molecule is COc1ccc(-c2cc(-c3ccccc3)nc(/N=C/c3ccccc3)n2)c(O)c1. The Morgan fingerprint density at radius 2 is 1.52 bits per heavy atom. The molecule has 0 aliphatic rings. The molecule has 142 valence electrons. The van der Waals surface area contributed by atoms with Crippen molar-refractivity contribution >= 4 is 12.2 Å². The van der Waals surface area contributed by atoms with Crippen molar-refractivity contribution in [2.24, 2.45) is 4.99 Å². The van der Waals surface area contributed by atoms with Gasteiger partial charge in [0.05, 0.1) is 18.5 Å². The molecular formula is C24H19N3O2. The zero-order valence-electron chi connectivity index (χ0n) is 15.9. The lowest BCUT2D eigenvalue weighted by Crippen LogP contribution is -1.93. The molecule has 0 radical (unpaired) electrons. The van der Waals surface area contributed by atoms with E-state index in [1.165, 1.54) is 0 Å². The van der Waals surface area contributed by atoms with Crippen LogP contribution in [-0.2, 0) is 0 Å². The third-order valence-electron chi connectivity index (χ3n) is 4.39. The molecule has 0 fully saturated rings. The molecule has 0 amide bonds. The van der Waals surface area contributed by atoms with E-state index in [1.807, 2.05) is 66.7 Å². The minimum atomic E-state index is 0.0834. The van der Waals surface area contributed by atoms with Crippen LogP contribution in [0.2, 0.25) is 0 Å². The molecule has 3 aromatic carbocycles. The molecule has 0 saturated carbocycles. The number of phenolic OH excluding ortho intramolecular Hbond substituents is 1. The largest absolute Gasteiger partial charge is 0.507 e. The van der Waals surface area contributed by atoms with E-state index >= 15 is 0 Å². The number of hydrogen-bond donors (Lipinski definition) is 1. The quantitative estimate of drug-likeness (QED) is 0.478. The van der Waals surface area contributed by atoms with Gasteiger partial charge in [-0.25, -0.2) is 15.0 Å². The first kappa shape index (κ1) is 18.4. The maximum absolute atomic E-state index is 10.5. The number of methoxy groups -OCH3 is 1. The third-order valence-corrected chi connectivity index (χ3v) is 4.39. The van der Waals surface area contributed by atoms with Crippen LogP contribution in [0.1, 0.15) is 5.56 Å². The first-order valence-electron chi connectivity index (χ1n) is 9.14. The molecule has 1 N–H and O–H groups in total. The predicted molar refractivity (Wildman–Crippen MR) is 115 cm³/mol. The van der Waals surface area contributed by atoms with E-state index in [1.54, 1.807) is 31.5 Å². The summed E-state index contributed by atoms with van der Waals surface area (Å²) in [6.07, 6.45) is 1.72. The number of benzene rings is 3. The van der Waals surface area contributed by atoms with Crippen LogP contribution in [0.25, 0.3) is 22.5 Å². The van der Waals surface area contributed by atoms with Crippen molar-refractivity contribution < 1.29 is 9.84 Å². The van der Waals surface area contributed by atoms with Crippen molar-refractivity contribution in [1.29, 1.82) is 0 Å². The molecule has 4 rings (SSSR count). The van der Waals surface area contributed by atoms with Crippen molar-refractivity contribution in [3.05, 3.63) is 90.5 Å². The van der Waals surface area contributed by atoms with Gasteiger partial charge in [0.2, 0.25) is 5.95 Å². The lowest BCUT2D eigenvalue weighted by atomic mass is 10.1. The van der Waals surface area contributed by atoms with Gasteiger partial charge in [-0.3, -0.25) is 0 Å². The molecule has 1 aromatic heterocycles. The lowest BCUT2D eigenvalue weighted by molar-refractivity contribution is 0.408. The molecule has 5 heteroatoms. The molecule has 0 unspecified atom stereocenters. The first-order chi connectivity index (χ1) is 14.2. The maximum Gasteiger partial charge on any atom is 0.250 e. The van der Waals surface area contributed by atoms with Crippen LogP contribution >= 0.6 is 0 Å². The van der Waals surface area contributed by atoms with Gasteiger partial charge in [0.1, 0.15) is 11.5 Å². The van der Waals surface area contributed by atoms with E-state index < -0.39 is 0 Å². The van der Waals surface area contributed by atoms with Crippen LogP contribution in [0.3, 0.4) is 0 Å². The van der Waals surface area contributed by atoms with Crippen molar-refractivity contribution in [2.45, 2.75) is 0 Å². The minimum absolute atomic E-state index is 0.0834. The molecule has 0 spiro atoms. The van der Waals surface area contributed by atoms with Crippen molar-refractivity contribution in [3.63, 3.8) is 0 Å². The van der Waals surface area contributed by atoms with Crippen LogP contribution in [0.5, 0.6) is 11.5 Å². The Bertz CT molecular complexity index is 1140. The molecule has 1 heterocycles. The first-order valence-corrected chi connectivity index (χ1v) is 9.14. The number of aliphatic imine (C=N–C) groups is 1. The second-order valence-electron chi connectivity index (χ2n) is 6.36. The highest BCUT2D eigenvalue weighted by atomic mass is 16.5. The van der Waals surface area contributed by atoms with Gasteiger partial charge >= 0.3 is 0 Å². The Balaban J connectivity index is 1.81. The summed E-state index contributed by atoms with van der Waals surface area (Å²) in [6, 6.07) is 26.5. The highest BCUT2D eigenvalue weighted by Crippen LogP contribution is 2.33. The molecule has 4 aromatic rings. The van der Waals surface area contributed by atoms with Gasteiger partial charge in [-0.15, -0.1) is 0 Å². The van der Waals surface area contributed by atoms with Gasteiger partial charge in [0.15, 0.2) is 0 Å². The smallest absolute Gasteiger partial charge is 0.250 e. The summed E-state index contributed by atoms with van der Waals surface area (Å²) in [5, 5.41) is 10.5. The second kappa shape index (κ2) is 8.35. The number of hydrogen-bond acceptors (Lipinski definition) is 5. The number of nitrogens with zero attached hydrogens (tertiary/aromatic N) is 3. The summed E-state index contributed by atoms with van der Waals surface area (Å²) >= 11 is 0. The molecule has 0 bridgehead atoms. The van der Waals surface area contributed by atoms with E-state index in [4.69, 9.17) is 4.74 Å². The summed E-state index contributed by atoms with van der Waals surface area (Å²) in [5.74, 6) is 0.978. The minimum Gasteiger partial charge on any atom is -0.507 e. The normalized spacial score (nSPS) is 10.9. The van der Waals surface area contributed by atoms with E-state index in [0.29, 0.717) is 23.0 Å². The summed E-state index contributed by atoms with van der Waals surface area (Å²) < 4.78 is 5.17. The highest BCUT2D eigenvalue weighted by Gasteiger charge is 2.12. The molecule has 0 atom stereocenters. The van der Waals surface area contributed by atoms with Crippen LogP contribution in [0.15, 0.2) is 89.9 Å². The molecule has 29 heavy (non-hydrogen) atoms. The Kier molecular flexibility index (Phi) is 5.29. The average molecular weight is 381 g/mol. The zero-order valence-corrected chi connectivity index (χ0v) is 15.9. The van der Waals surface area contributed by atoms with Crippen molar-refractivity contribution in [2.75, 3.05) is 7.11 Å². The number of phenols is 1. The van der Waals surface area contributed by atoms with Gasteiger partial charge in [-0.05, 0) is 23.8 Å². The van der Waals surface area contributed by atoms with Gasteiger partial charge in [-0.1, -0.05) is 60.7 Å². The van der Waals surface area contributed by atoms with E-state index in [0.717, 1.165) is 16.8 Å². The van der Waals surface area contributed by atoms with E-state index in [-0.39, 0.29) is 5.75 Å². The van der Waals surface area contributed by atoms with Crippen LogP contribution in [-0.4, -0.2) is 28.4 Å². The van der Waals surface area contributed by atoms with Gasteiger partial charge in [0.25, 0.3) is 0 Å². The van der Waals surface area contributed by atoms with Crippen molar-refractivity contribution in [3.8, 4) is 34.0 Å². The molecule has 0 aliphatic heterocycles. The standard InChI is InChI=1S/C24H19N3O2/c1-29-19-12-13-20(23(28)14-19)22-15-21(18-10-6-3-7-11-18)26-24(27-22)25-16-17-8-4-2-5-9-17/h2-16,28H,1H3/b25-16+. The number of aromatic hydroxyl groups is 1. The topological polar surface area (TPSA) is 67.6 Å². The fourth-order valence-corrected chi connectivity index (χ4v) is 2.91. The average Bonchev–Trinajstić information content (AvgIpc) is 2.78. The Morgan fingerprint density at radius 3 is 2.21 bits per heavy atom. The van der Waals surface area contributed by atoms with Crippen LogP contribution in [0, 0.1) is 0 Å². The number of aromatic nitrogens is 2. The van der Waals surface area contributed by atoms with Crippen molar-refractivity contribution in [1.82, 2.24) is 9.97 Å². The highest BCUT2D eigenvalue weighted by molar-refractivity contribution is 5.81.